The molecule has 0 radical (unpaired) electrons. The highest BCUT2D eigenvalue weighted by Crippen LogP contribution is 2.22. The van der Waals surface area contributed by atoms with Gasteiger partial charge in [-0.15, -0.1) is 0 Å². The van der Waals surface area contributed by atoms with Crippen LogP contribution in [0.3, 0.4) is 0 Å². The highest BCUT2D eigenvalue weighted by molar-refractivity contribution is 6.14. The lowest BCUT2D eigenvalue weighted by molar-refractivity contribution is -0.123. The Morgan fingerprint density at radius 2 is 1.86 bits per heavy atom. The summed E-state index contributed by atoms with van der Waals surface area (Å²) >= 11 is 0. The monoisotopic (exact) mass is 296 g/mol. The van der Waals surface area contributed by atoms with E-state index in [4.69, 9.17) is 0 Å². The molecule has 0 saturated heterocycles. The third-order valence-corrected chi connectivity index (χ3v) is 3.28. The SMILES string of the molecule is Cc1cccc(C(=O)c2ccncc2NC(=O)C(C)(C)C)c1. The predicted octanol–water partition coefficient (Wildman–Crippen LogP) is 3.61. The molecule has 1 heterocycles. The Morgan fingerprint density at radius 1 is 1.14 bits per heavy atom. The third kappa shape index (κ3) is 3.58. The number of nitrogens with zero attached hydrogens (tertiary/aromatic N) is 1. The molecule has 0 bridgehead atoms. The number of carbonyl (C=O) groups excluding carboxylic acids is 2. The van der Waals surface area contributed by atoms with Crippen LogP contribution in [0.2, 0.25) is 0 Å². The standard InChI is InChI=1S/C18H20N2O2/c1-12-6-5-7-13(10-12)16(21)14-8-9-19-11-15(14)20-17(22)18(2,3)4/h5-11H,1-4H3,(H,20,22). The molecule has 1 aromatic heterocycles. The molecule has 114 valence electrons. The Kier molecular flexibility index (Phi) is 4.40. The van der Waals surface area contributed by atoms with Gasteiger partial charge in [0.15, 0.2) is 5.78 Å². The van der Waals surface area contributed by atoms with Crippen molar-refractivity contribution in [1.29, 1.82) is 0 Å². The minimum absolute atomic E-state index is 0.129. The van der Waals surface area contributed by atoms with Gasteiger partial charge in [-0.2, -0.15) is 0 Å². The highest BCUT2D eigenvalue weighted by atomic mass is 16.2. The molecule has 4 nitrogen and oxygen atoms in total. The molecule has 0 aliphatic heterocycles. The summed E-state index contributed by atoms with van der Waals surface area (Å²) in [6, 6.07) is 9.01. The van der Waals surface area contributed by atoms with E-state index < -0.39 is 5.41 Å². The molecular weight excluding hydrogens is 276 g/mol. The number of ketones is 1. The summed E-state index contributed by atoms with van der Waals surface area (Å²) in [4.78, 5) is 28.8. The number of aromatic nitrogens is 1. The number of pyridine rings is 1. The van der Waals surface area contributed by atoms with Gasteiger partial charge in [0.05, 0.1) is 11.9 Å². The molecule has 22 heavy (non-hydrogen) atoms. The van der Waals surface area contributed by atoms with Gasteiger partial charge in [-0.3, -0.25) is 14.6 Å². The fourth-order valence-corrected chi connectivity index (χ4v) is 1.94. The van der Waals surface area contributed by atoms with Crippen molar-refractivity contribution in [2.75, 3.05) is 5.32 Å². The second kappa shape index (κ2) is 6.10. The average Bonchev–Trinajstić information content (AvgIpc) is 2.46. The quantitative estimate of drug-likeness (QED) is 0.880. The minimum atomic E-state index is -0.542. The average molecular weight is 296 g/mol. The molecule has 2 aromatic rings. The van der Waals surface area contributed by atoms with Crippen molar-refractivity contribution in [2.24, 2.45) is 5.41 Å². The van der Waals surface area contributed by atoms with E-state index in [-0.39, 0.29) is 11.7 Å². The van der Waals surface area contributed by atoms with E-state index in [1.54, 1.807) is 18.3 Å². The molecule has 0 unspecified atom stereocenters. The lowest BCUT2D eigenvalue weighted by Crippen LogP contribution is -2.28. The summed E-state index contributed by atoms with van der Waals surface area (Å²) in [5.41, 5.74) is 1.95. The summed E-state index contributed by atoms with van der Waals surface area (Å²) < 4.78 is 0. The number of rotatable bonds is 3. The number of hydrogen-bond acceptors (Lipinski definition) is 3. The molecular formula is C18H20N2O2. The van der Waals surface area contributed by atoms with Gasteiger partial charge in [-0.1, -0.05) is 44.5 Å². The largest absolute Gasteiger partial charge is 0.324 e. The van der Waals surface area contributed by atoms with E-state index in [1.807, 2.05) is 45.9 Å². The number of benzene rings is 1. The molecule has 1 aromatic carbocycles. The molecule has 0 saturated carbocycles. The fourth-order valence-electron chi connectivity index (χ4n) is 1.94. The van der Waals surface area contributed by atoms with Crippen LogP contribution in [-0.2, 0) is 4.79 Å². The Bertz CT molecular complexity index is 715. The third-order valence-electron chi connectivity index (χ3n) is 3.28. The van der Waals surface area contributed by atoms with Crippen LogP contribution >= 0.6 is 0 Å². The van der Waals surface area contributed by atoms with E-state index in [1.165, 1.54) is 6.20 Å². The van der Waals surface area contributed by atoms with E-state index in [0.717, 1.165) is 5.56 Å². The normalized spacial score (nSPS) is 11.1. The van der Waals surface area contributed by atoms with Crippen LogP contribution in [-0.4, -0.2) is 16.7 Å². The van der Waals surface area contributed by atoms with E-state index in [9.17, 15) is 9.59 Å². The van der Waals surface area contributed by atoms with Gasteiger partial charge in [0.1, 0.15) is 0 Å². The second-order valence-corrected chi connectivity index (χ2v) is 6.32. The molecule has 2 rings (SSSR count). The van der Waals surface area contributed by atoms with Crippen molar-refractivity contribution in [1.82, 2.24) is 4.98 Å². The van der Waals surface area contributed by atoms with Gasteiger partial charge < -0.3 is 5.32 Å². The molecule has 0 aliphatic carbocycles. The zero-order chi connectivity index (χ0) is 16.3. The lowest BCUT2D eigenvalue weighted by Gasteiger charge is -2.18. The maximum Gasteiger partial charge on any atom is 0.229 e. The Balaban J connectivity index is 2.36. The van der Waals surface area contributed by atoms with Gasteiger partial charge in [0.25, 0.3) is 0 Å². The first-order valence-electron chi connectivity index (χ1n) is 7.16. The fraction of sp³-hybridized carbons (Fsp3) is 0.278. The highest BCUT2D eigenvalue weighted by Gasteiger charge is 2.23. The summed E-state index contributed by atoms with van der Waals surface area (Å²) in [5.74, 6) is -0.283. The van der Waals surface area contributed by atoms with Crippen molar-refractivity contribution in [3.8, 4) is 0 Å². The first kappa shape index (κ1) is 15.9. The summed E-state index contributed by atoms with van der Waals surface area (Å²) in [6.45, 7) is 7.40. The Hall–Kier alpha value is -2.49. The number of anilines is 1. The zero-order valence-corrected chi connectivity index (χ0v) is 13.3. The number of hydrogen-bond donors (Lipinski definition) is 1. The smallest absolute Gasteiger partial charge is 0.229 e. The summed E-state index contributed by atoms with van der Waals surface area (Å²) in [5, 5.41) is 2.79. The van der Waals surface area contributed by atoms with Gasteiger partial charge in [-0.25, -0.2) is 0 Å². The maximum atomic E-state index is 12.7. The first-order valence-corrected chi connectivity index (χ1v) is 7.16. The summed E-state index contributed by atoms with van der Waals surface area (Å²) in [6.07, 6.45) is 3.06. The van der Waals surface area contributed by atoms with E-state index >= 15 is 0 Å². The van der Waals surface area contributed by atoms with Gasteiger partial charge in [-0.05, 0) is 19.1 Å². The van der Waals surface area contributed by atoms with Crippen LogP contribution in [0.25, 0.3) is 0 Å². The van der Waals surface area contributed by atoms with Crippen molar-refractivity contribution in [3.05, 3.63) is 59.4 Å². The number of nitrogens with one attached hydrogen (secondary N) is 1. The van der Waals surface area contributed by atoms with Crippen LogP contribution in [0, 0.1) is 12.3 Å². The van der Waals surface area contributed by atoms with Gasteiger partial charge in [0, 0.05) is 22.7 Å². The number of carbonyl (C=O) groups is 2. The van der Waals surface area contributed by atoms with Crippen LogP contribution in [0.1, 0.15) is 42.3 Å². The topological polar surface area (TPSA) is 59.1 Å². The molecule has 4 heteroatoms. The first-order chi connectivity index (χ1) is 10.3. The van der Waals surface area contributed by atoms with Crippen molar-refractivity contribution < 1.29 is 9.59 Å². The molecule has 0 atom stereocenters. The van der Waals surface area contributed by atoms with Crippen molar-refractivity contribution in [3.63, 3.8) is 0 Å². The lowest BCUT2D eigenvalue weighted by atomic mass is 9.95. The van der Waals surface area contributed by atoms with Crippen LogP contribution in [0.5, 0.6) is 0 Å². The summed E-state index contributed by atoms with van der Waals surface area (Å²) in [7, 11) is 0. The molecule has 0 spiro atoms. The van der Waals surface area contributed by atoms with E-state index in [0.29, 0.717) is 16.8 Å². The van der Waals surface area contributed by atoms with E-state index in [2.05, 4.69) is 10.3 Å². The minimum Gasteiger partial charge on any atom is -0.324 e. The Labute approximate surface area is 130 Å². The predicted molar refractivity (Wildman–Crippen MR) is 86.9 cm³/mol. The molecule has 0 fully saturated rings. The van der Waals surface area contributed by atoms with Crippen LogP contribution in [0.4, 0.5) is 5.69 Å². The van der Waals surface area contributed by atoms with Crippen LogP contribution in [0.15, 0.2) is 42.7 Å². The maximum absolute atomic E-state index is 12.7. The zero-order valence-electron chi connectivity index (χ0n) is 13.3. The van der Waals surface area contributed by atoms with Crippen molar-refractivity contribution in [2.45, 2.75) is 27.7 Å². The second-order valence-electron chi connectivity index (χ2n) is 6.32. The Morgan fingerprint density at radius 3 is 2.50 bits per heavy atom. The van der Waals surface area contributed by atoms with Crippen LogP contribution < -0.4 is 5.32 Å². The van der Waals surface area contributed by atoms with Gasteiger partial charge in [0.2, 0.25) is 5.91 Å². The van der Waals surface area contributed by atoms with Gasteiger partial charge >= 0.3 is 0 Å². The number of amides is 1. The molecule has 0 aliphatic rings. The molecule has 1 N–H and O–H groups in total. The van der Waals surface area contributed by atoms with Crippen molar-refractivity contribution >= 4 is 17.4 Å². The molecule has 1 amide bonds. The number of aryl methyl sites for hydroxylation is 1.